The highest BCUT2D eigenvalue weighted by Gasteiger charge is 2.16. The van der Waals surface area contributed by atoms with Gasteiger partial charge in [0.05, 0.1) is 22.3 Å². The lowest BCUT2D eigenvalue weighted by molar-refractivity contribution is 0.0938. The van der Waals surface area contributed by atoms with Gasteiger partial charge in [0.15, 0.2) is 5.76 Å². The number of aryl methyl sites for hydroxylation is 2. The van der Waals surface area contributed by atoms with E-state index in [9.17, 15) is 4.79 Å². The van der Waals surface area contributed by atoms with Gasteiger partial charge in [-0.3, -0.25) is 9.48 Å². The Morgan fingerprint density at radius 2 is 2.32 bits per heavy atom. The van der Waals surface area contributed by atoms with E-state index in [0.29, 0.717) is 11.3 Å². The second kappa shape index (κ2) is 5.76. The molecule has 0 saturated heterocycles. The maximum Gasteiger partial charge on any atom is 0.255 e. The Bertz CT molecular complexity index is 802. The molecule has 6 nitrogen and oxygen atoms in total. The van der Waals surface area contributed by atoms with Gasteiger partial charge in [0, 0.05) is 18.6 Å². The highest BCUT2D eigenvalue weighted by Crippen LogP contribution is 2.24. The SMILES string of the molecule is Cc1nc(-c2cc(C(=O)NC(C)c3ccn(C)n3)co2)cs1. The number of carbonyl (C=O) groups excluding carboxylic acids is 1. The molecule has 3 heterocycles. The molecule has 3 aromatic rings. The van der Waals surface area contributed by atoms with Crippen LogP contribution in [0.5, 0.6) is 0 Å². The molecule has 1 atom stereocenters. The molecule has 0 bridgehead atoms. The first-order valence-corrected chi connectivity index (χ1v) is 7.72. The largest absolute Gasteiger partial charge is 0.462 e. The highest BCUT2D eigenvalue weighted by atomic mass is 32.1. The number of nitrogens with one attached hydrogen (secondary N) is 1. The zero-order valence-electron chi connectivity index (χ0n) is 12.5. The fraction of sp³-hybridized carbons (Fsp3) is 0.267. The van der Waals surface area contributed by atoms with Crippen LogP contribution in [0.3, 0.4) is 0 Å². The summed E-state index contributed by atoms with van der Waals surface area (Å²) in [5.74, 6) is 0.403. The van der Waals surface area contributed by atoms with E-state index in [1.165, 1.54) is 6.26 Å². The maximum atomic E-state index is 12.3. The van der Waals surface area contributed by atoms with Crippen LogP contribution in [-0.4, -0.2) is 20.7 Å². The van der Waals surface area contributed by atoms with Crippen LogP contribution in [0.4, 0.5) is 0 Å². The Morgan fingerprint density at radius 3 is 2.95 bits per heavy atom. The minimum absolute atomic E-state index is 0.173. The molecule has 114 valence electrons. The number of aromatic nitrogens is 3. The van der Waals surface area contributed by atoms with Crippen LogP contribution in [0.25, 0.3) is 11.5 Å². The third-order valence-corrected chi connectivity index (χ3v) is 4.03. The van der Waals surface area contributed by atoms with Gasteiger partial charge in [0.2, 0.25) is 0 Å². The summed E-state index contributed by atoms with van der Waals surface area (Å²) in [5, 5.41) is 10.1. The van der Waals surface area contributed by atoms with Crippen molar-refractivity contribution < 1.29 is 9.21 Å². The van der Waals surface area contributed by atoms with Gasteiger partial charge in [0.1, 0.15) is 12.0 Å². The van der Waals surface area contributed by atoms with E-state index >= 15 is 0 Å². The average molecular weight is 316 g/mol. The minimum atomic E-state index is -0.194. The summed E-state index contributed by atoms with van der Waals surface area (Å²) < 4.78 is 7.15. The molecule has 3 rings (SSSR count). The number of furan rings is 1. The molecule has 0 spiro atoms. The van der Waals surface area contributed by atoms with Crippen molar-refractivity contribution >= 4 is 17.2 Å². The molecule has 0 fully saturated rings. The lowest BCUT2D eigenvalue weighted by atomic mass is 10.2. The third-order valence-electron chi connectivity index (χ3n) is 3.26. The van der Waals surface area contributed by atoms with Gasteiger partial charge in [0.25, 0.3) is 5.91 Å². The Balaban J connectivity index is 1.71. The Labute approximate surface area is 131 Å². The minimum Gasteiger partial charge on any atom is -0.462 e. The summed E-state index contributed by atoms with van der Waals surface area (Å²) in [7, 11) is 1.84. The molecule has 0 radical (unpaired) electrons. The van der Waals surface area contributed by atoms with Crippen molar-refractivity contribution in [3.05, 3.63) is 46.2 Å². The number of hydrogen-bond acceptors (Lipinski definition) is 5. The molecule has 0 aliphatic heterocycles. The molecule has 0 aliphatic rings. The van der Waals surface area contributed by atoms with Crippen molar-refractivity contribution in [2.45, 2.75) is 19.9 Å². The predicted molar refractivity (Wildman–Crippen MR) is 83.6 cm³/mol. The summed E-state index contributed by atoms with van der Waals surface area (Å²) >= 11 is 1.54. The van der Waals surface area contributed by atoms with Crippen molar-refractivity contribution in [3.63, 3.8) is 0 Å². The standard InChI is InChI=1S/C15H16N4O2S/c1-9(12-4-5-19(3)18-12)16-15(20)11-6-14(21-7-11)13-8-22-10(2)17-13/h4-9H,1-3H3,(H,16,20). The second-order valence-corrected chi connectivity index (χ2v) is 6.12. The predicted octanol–water partition coefficient (Wildman–Crippen LogP) is 2.94. The number of rotatable bonds is 4. The summed E-state index contributed by atoms with van der Waals surface area (Å²) in [6.45, 7) is 3.82. The fourth-order valence-electron chi connectivity index (χ4n) is 2.08. The summed E-state index contributed by atoms with van der Waals surface area (Å²) in [5.41, 5.74) is 2.04. The van der Waals surface area contributed by atoms with Gasteiger partial charge in [-0.1, -0.05) is 0 Å². The topological polar surface area (TPSA) is 73.0 Å². The monoisotopic (exact) mass is 316 g/mol. The molecule has 1 unspecified atom stereocenters. The molecular formula is C15H16N4O2S. The van der Waals surface area contributed by atoms with Crippen molar-refractivity contribution in [1.82, 2.24) is 20.1 Å². The van der Waals surface area contributed by atoms with Crippen LogP contribution in [0.1, 0.15) is 34.0 Å². The second-order valence-electron chi connectivity index (χ2n) is 5.06. The van der Waals surface area contributed by atoms with E-state index < -0.39 is 0 Å². The van der Waals surface area contributed by atoms with Crippen LogP contribution in [0.2, 0.25) is 0 Å². The molecule has 1 N–H and O–H groups in total. The van der Waals surface area contributed by atoms with E-state index in [1.807, 2.05) is 38.5 Å². The van der Waals surface area contributed by atoms with Crippen molar-refractivity contribution in [3.8, 4) is 11.5 Å². The molecular weight excluding hydrogens is 300 g/mol. The van der Waals surface area contributed by atoms with Gasteiger partial charge < -0.3 is 9.73 Å². The molecule has 0 aromatic carbocycles. The van der Waals surface area contributed by atoms with Gasteiger partial charge in [-0.2, -0.15) is 5.10 Å². The van der Waals surface area contributed by atoms with Crippen LogP contribution in [0.15, 0.2) is 34.4 Å². The highest BCUT2D eigenvalue weighted by molar-refractivity contribution is 7.09. The lowest BCUT2D eigenvalue weighted by Crippen LogP contribution is -2.26. The number of carbonyl (C=O) groups is 1. The Morgan fingerprint density at radius 1 is 1.50 bits per heavy atom. The smallest absolute Gasteiger partial charge is 0.255 e. The molecule has 1 amide bonds. The van der Waals surface area contributed by atoms with E-state index in [0.717, 1.165) is 16.4 Å². The number of thiazole rings is 1. The van der Waals surface area contributed by atoms with Crippen LogP contribution in [0, 0.1) is 6.92 Å². The van der Waals surface area contributed by atoms with Crippen LogP contribution in [-0.2, 0) is 7.05 Å². The third kappa shape index (κ3) is 2.94. The van der Waals surface area contributed by atoms with Crippen molar-refractivity contribution in [1.29, 1.82) is 0 Å². The number of nitrogens with zero attached hydrogens (tertiary/aromatic N) is 3. The zero-order valence-corrected chi connectivity index (χ0v) is 13.3. The lowest BCUT2D eigenvalue weighted by Gasteiger charge is -2.10. The maximum absolute atomic E-state index is 12.3. The first-order chi connectivity index (χ1) is 10.5. The Kier molecular flexibility index (Phi) is 3.81. The van der Waals surface area contributed by atoms with Gasteiger partial charge >= 0.3 is 0 Å². The number of amides is 1. The normalized spacial score (nSPS) is 12.3. The van der Waals surface area contributed by atoms with Gasteiger partial charge in [-0.15, -0.1) is 11.3 Å². The first-order valence-electron chi connectivity index (χ1n) is 6.84. The number of hydrogen-bond donors (Lipinski definition) is 1. The summed E-state index contributed by atoms with van der Waals surface area (Å²) in [4.78, 5) is 16.6. The van der Waals surface area contributed by atoms with Crippen LogP contribution < -0.4 is 5.32 Å². The van der Waals surface area contributed by atoms with E-state index in [2.05, 4.69) is 15.4 Å². The van der Waals surface area contributed by atoms with E-state index in [4.69, 9.17) is 4.42 Å². The van der Waals surface area contributed by atoms with E-state index in [1.54, 1.807) is 22.1 Å². The van der Waals surface area contributed by atoms with Gasteiger partial charge in [-0.25, -0.2) is 4.98 Å². The molecule has 0 saturated carbocycles. The van der Waals surface area contributed by atoms with Crippen molar-refractivity contribution in [2.24, 2.45) is 7.05 Å². The quantitative estimate of drug-likeness (QED) is 0.803. The molecule has 7 heteroatoms. The zero-order chi connectivity index (χ0) is 15.7. The summed E-state index contributed by atoms with van der Waals surface area (Å²) in [6.07, 6.45) is 3.29. The van der Waals surface area contributed by atoms with E-state index in [-0.39, 0.29) is 11.9 Å². The molecule has 22 heavy (non-hydrogen) atoms. The molecule has 0 aliphatic carbocycles. The summed E-state index contributed by atoms with van der Waals surface area (Å²) in [6, 6.07) is 3.41. The van der Waals surface area contributed by atoms with Crippen LogP contribution >= 0.6 is 11.3 Å². The average Bonchev–Trinajstić information content (AvgIpc) is 3.18. The Hall–Kier alpha value is -2.41. The first kappa shape index (κ1) is 14.5. The molecule has 3 aromatic heterocycles. The fourth-order valence-corrected chi connectivity index (χ4v) is 2.69. The van der Waals surface area contributed by atoms with Crippen molar-refractivity contribution in [2.75, 3.05) is 0 Å². The van der Waals surface area contributed by atoms with Gasteiger partial charge in [-0.05, 0) is 26.0 Å².